The van der Waals surface area contributed by atoms with Crippen LogP contribution in [0, 0.1) is 11.8 Å². The smallest absolute Gasteiger partial charge is 0.246 e. The molecule has 0 radical (unpaired) electrons. The van der Waals surface area contributed by atoms with Crippen LogP contribution in [0.15, 0.2) is 60.7 Å². The molecule has 3 rings (SSSR count). The molecular weight excluding hydrogens is 1050 g/mol. The molecule has 0 aliphatic carbocycles. The second-order valence-corrected chi connectivity index (χ2v) is 20.6. The third-order valence-electron chi connectivity index (χ3n) is 13.3. The van der Waals surface area contributed by atoms with E-state index >= 15 is 0 Å². The van der Waals surface area contributed by atoms with E-state index in [9.17, 15) is 67.4 Å². The van der Waals surface area contributed by atoms with Gasteiger partial charge in [0, 0.05) is 34.0 Å². The predicted molar refractivity (Wildman–Crippen MR) is 293 cm³/mol. The molecule has 27 nitrogen and oxygen atoms in total. The summed E-state index contributed by atoms with van der Waals surface area (Å²) in [4.78, 5) is 180. The van der Waals surface area contributed by atoms with E-state index in [-0.39, 0.29) is 25.2 Å². The highest BCUT2D eigenvalue weighted by atomic mass is 16.3. The van der Waals surface area contributed by atoms with Crippen molar-refractivity contribution in [3.8, 4) is 0 Å². The van der Waals surface area contributed by atoms with E-state index in [1.54, 1.807) is 74.5 Å². The van der Waals surface area contributed by atoms with Crippen LogP contribution >= 0.6 is 0 Å². The van der Waals surface area contributed by atoms with Crippen molar-refractivity contribution in [1.29, 1.82) is 0 Å². The molecule has 13 amide bonds. The molecule has 1 fully saturated rings. The number of primary amides is 1. The SMILES string of the molecule is CC(C)C[C@H]1C(=O)N[C@@H](C)C(=O)N[C@@H](C(C)C)C(=O)N[C@@H](Cc2ccccc2)C(=O)N[C@H](C(=O)N(C)[C@@H](C)C(=O)N[C@@H](CO)C(=O)NCC(N)=O)CC(=O)NCC(=O)N[C@H](C)C(=O)N(C)[C@@H](Cc2ccccc2)C(=O)NCC(=O)N1C. The van der Waals surface area contributed by atoms with Crippen LogP contribution in [0.5, 0.6) is 0 Å². The molecule has 1 saturated heterocycles. The molecule has 0 aromatic heterocycles. The van der Waals surface area contributed by atoms with Crippen molar-refractivity contribution in [2.24, 2.45) is 17.6 Å². The highest BCUT2D eigenvalue weighted by Gasteiger charge is 2.38. The number of carbonyl (C=O) groups excluding carboxylic acids is 13. The molecule has 0 unspecified atom stereocenters. The summed E-state index contributed by atoms with van der Waals surface area (Å²) < 4.78 is 0. The van der Waals surface area contributed by atoms with Gasteiger partial charge in [0.05, 0.1) is 32.7 Å². The van der Waals surface area contributed by atoms with E-state index in [0.717, 1.165) is 21.7 Å². The number of nitrogens with one attached hydrogen (secondary N) is 9. The second kappa shape index (κ2) is 31.9. The molecule has 27 heteroatoms. The number of rotatable bonds is 15. The van der Waals surface area contributed by atoms with Gasteiger partial charge in [-0.05, 0) is 50.2 Å². The first-order valence-electron chi connectivity index (χ1n) is 26.5. The monoisotopic (exact) mass is 1130 g/mol. The molecular formula is C54H79N13O14. The number of hydrogen-bond donors (Lipinski definition) is 11. The summed E-state index contributed by atoms with van der Waals surface area (Å²) in [6.45, 7) is 7.83. The number of aliphatic hydroxyl groups excluding tert-OH is 1. The van der Waals surface area contributed by atoms with E-state index in [1.807, 2.05) is 13.8 Å². The van der Waals surface area contributed by atoms with Gasteiger partial charge in [-0.15, -0.1) is 0 Å². The van der Waals surface area contributed by atoms with E-state index in [2.05, 4.69) is 47.9 Å². The Kier molecular flexibility index (Phi) is 26.3. The average molecular weight is 1130 g/mol. The Morgan fingerprint density at radius 1 is 0.667 bits per heavy atom. The fourth-order valence-corrected chi connectivity index (χ4v) is 8.34. The molecule has 1 heterocycles. The van der Waals surface area contributed by atoms with Crippen LogP contribution < -0.4 is 53.6 Å². The summed E-state index contributed by atoms with van der Waals surface area (Å²) in [6, 6.07) is 4.16. The molecule has 0 bridgehead atoms. The molecule has 0 saturated carbocycles. The van der Waals surface area contributed by atoms with E-state index in [4.69, 9.17) is 5.73 Å². The lowest BCUT2D eigenvalue weighted by Gasteiger charge is -2.32. The lowest BCUT2D eigenvalue weighted by Crippen LogP contribution is -2.61. The van der Waals surface area contributed by atoms with Crippen molar-refractivity contribution in [3.63, 3.8) is 0 Å². The average Bonchev–Trinajstić information content (AvgIpc) is 3.45. The zero-order chi connectivity index (χ0) is 60.8. The minimum absolute atomic E-state index is 0.0336. The number of nitrogens with two attached hydrogens (primary N) is 1. The van der Waals surface area contributed by atoms with Crippen molar-refractivity contribution < 1.29 is 67.4 Å². The van der Waals surface area contributed by atoms with Gasteiger partial charge in [-0.3, -0.25) is 62.3 Å². The van der Waals surface area contributed by atoms with Crippen LogP contribution in [0.25, 0.3) is 0 Å². The van der Waals surface area contributed by atoms with Crippen LogP contribution in [0.1, 0.15) is 72.4 Å². The predicted octanol–water partition coefficient (Wildman–Crippen LogP) is -4.15. The number of benzene rings is 2. The molecule has 2 aromatic rings. The maximum absolute atomic E-state index is 14.6. The van der Waals surface area contributed by atoms with Gasteiger partial charge in [-0.2, -0.15) is 0 Å². The Hall–Kier alpha value is -8.49. The van der Waals surface area contributed by atoms with Gasteiger partial charge in [-0.25, -0.2) is 0 Å². The van der Waals surface area contributed by atoms with Crippen LogP contribution in [0.4, 0.5) is 0 Å². The molecule has 81 heavy (non-hydrogen) atoms. The van der Waals surface area contributed by atoms with Crippen LogP contribution in [0.3, 0.4) is 0 Å². The second-order valence-electron chi connectivity index (χ2n) is 20.6. The van der Waals surface area contributed by atoms with Gasteiger partial charge in [0.25, 0.3) is 0 Å². The third kappa shape index (κ3) is 20.9. The molecule has 0 spiro atoms. The van der Waals surface area contributed by atoms with Crippen molar-refractivity contribution in [3.05, 3.63) is 71.8 Å². The Balaban J connectivity index is 2.12. The van der Waals surface area contributed by atoms with Gasteiger partial charge >= 0.3 is 0 Å². The topological polar surface area (TPSA) is 386 Å². The van der Waals surface area contributed by atoms with Crippen molar-refractivity contribution in [2.75, 3.05) is 47.4 Å². The first-order chi connectivity index (χ1) is 38.1. The zero-order valence-corrected chi connectivity index (χ0v) is 47.5. The van der Waals surface area contributed by atoms with Crippen molar-refractivity contribution in [2.45, 2.75) is 129 Å². The standard InChI is InChI=1S/C54H79N13O14/c1-29(2)21-39-51(78)60-31(5)46(73)64-45(30(3)4)52(79)61-36(22-34-17-13-11-14-18-34)49(76)62-37(54(81)65(8)33(7)47(74)63-38(28-68)48(75)57-25-41(55)69)24-42(70)56-26-43(71)59-32(6)53(80)67(10)40(23-35-19-15-12-16-20-35)50(77)58-27-44(72)66(39)9/h11-20,29-33,36-40,45,68H,21-28H2,1-10H3,(H2,55,69)(H,56,70)(H,57,75)(H,58,77)(H,59,71)(H,60,78)(H,61,79)(H,62,76)(H,63,74)(H,64,73)/t31-,32+,33-,36-,37-,38-,39-,40-,45-/m0/s1. The highest BCUT2D eigenvalue weighted by molar-refractivity contribution is 6.00. The Labute approximate surface area is 470 Å². The Morgan fingerprint density at radius 2 is 1.26 bits per heavy atom. The fourth-order valence-electron chi connectivity index (χ4n) is 8.34. The summed E-state index contributed by atoms with van der Waals surface area (Å²) in [6.07, 6.45) is -1.01. The highest BCUT2D eigenvalue weighted by Crippen LogP contribution is 2.15. The quantitative estimate of drug-likeness (QED) is 0.0807. The maximum atomic E-state index is 14.6. The van der Waals surface area contributed by atoms with Crippen molar-refractivity contribution >= 4 is 76.8 Å². The number of amides is 13. The minimum atomic E-state index is -1.85. The Bertz CT molecular complexity index is 2590. The molecule has 1 aliphatic rings. The minimum Gasteiger partial charge on any atom is -0.394 e. The largest absolute Gasteiger partial charge is 0.394 e. The zero-order valence-electron chi connectivity index (χ0n) is 47.5. The normalized spacial score (nSPS) is 22.7. The van der Waals surface area contributed by atoms with E-state index in [1.165, 1.54) is 34.9 Å². The van der Waals surface area contributed by atoms with Crippen LogP contribution in [-0.2, 0) is 75.2 Å². The molecule has 2 aromatic carbocycles. The number of nitrogens with zero attached hydrogens (tertiary/aromatic N) is 3. The first kappa shape index (κ1) is 66.8. The molecule has 12 N–H and O–H groups in total. The van der Waals surface area contributed by atoms with E-state index in [0.29, 0.717) is 11.1 Å². The number of likely N-dealkylation sites (N-methyl/N-ethyl adjacent to an activating group) is 3. The van der Waals surface area contributed by atoms with Gasteiger partial charge in [0.1, 0.15) is 54.4 Å². The summed E-state index contributed by atoms with van der Waals surface area (Å²) in [5.74, 6) is -12.3. The van der Waals surface area contributed by atoms with Crippen molar-refractivity contribution in [1.82, 2.24) is 62.6 Å². The van der Waals surface area contributed by atoms with Gasteiger partial charge in [0.2, 0.25) is 76.8 Å². The summed E-state index contributed by atoms with van der Waals surface area (Å²) in [5, 5.41) is 32.0. The van der Waals surface area contributed by atoms with Crippen LogP contribution in [-0.4, -0.2) is 198 Å². The van der Waals surface area contributed by atoms with Gasteiger partial charge in [0.15, 0.2) is 0 Å². The van der Waals surface area contributed by atoms with Crippen LogP contribution in [0.2, 0.25) is 0 Å². The number of carbonyl (C=O) groups is 13. The van der Waals surface area contributed by atoms with E-state index < -0.39 is 170 Å². The first-order valence-corrected chi connectivity index (χ1v) is 26.5. The van der Waals surface area contributed by atoms with Gasteiger partial charge < -0.3 is 73.4 Å². The number of aliphatic hydroxyl groups is 1. The number of hydrogen-bond acceptors (Lipinski definition) is 14. The summed E-state index contributed by atoms with van der Waals surface area (Å²) in [5.41, 5.74) is 6.24. The Morgan fingerprint density at radius 3 is 1.81 bits per heavy atom. The molecule has 9 atom stereocenters. The fraction of sp³-hybridized carbons (Fsp3) is 0.537. The molecule has 444 valence electrons. The lowest BCUT2D eigenvalue weighted by molar-refractivity contribution is -0.144. The molecule has 1 aliphatic heterocycles. The maximum Gasteiger partial charge on any atom is 0.246 e. The summed E-state index contributed by atoms with van der Waals surface area (Å²) >= 11 is 0. The lowest BCUT2D eigenvalue weighted by atomic mass is 10.00. The third-order valence-corrected chi connectivity index (χ3v) is 13.3. The summed E-state index contributed by atoms with van der Waals surface area (Å²) in [7, 11) is 3.83. The van der Waals surface area contributed by atoms with Gasteiger partial charge in [-0.1, -0.05) is 88.4 Å².